The fraction of sp³-hybridized carbons (Fsp3) is 0.278. The number of anilines is 1. The number of rotatable bonds is 4. The first kappa shape index (κ1) is 15.2. The minimum Gasteiger partial charge on any atom is -0.350 e. The maximum atomic E-state index is 12.6. The summed E-state index contributed by atoms with van der Waals surface area (Å²) in [6.07, 6.45) is 4.35. The number of benzene rings is 1. The van der Waals surface area contributed by atoms with Crippen LogP contribution in [0.3, 0.4) is 0 Å². The molecule has 1 atom stereocenters. The number of aromatic nitrogens is 1. The number of para-hydroxylation sites is 1. The molecule has 1 aromatic carbocycles. The number of hydrogen-bond donors (Lipinski definition) is 1. The lowest BCUT2D eigenvalue weighted by molar-refractivity contribution is -0.126. The lowest BCUT2D eigenvalue weighted by Gasteiger charge is -2.24. The number of pyridine rings is 1. The molecule has 2 amide bonds. The lowest BCUT2D eigenvalue weighted by atomic mass is 10.1. The van der Waals surface area contributed by atoms with Gasteiger partial charge in [-0.05, 0) is 23.3 Å². The molecule has 1 aromatic heterocycles. The predicted octanol–water partition coefficient (Wildman–Crippen LogP) is 2.07. The molecule has 2 heterocycles. The Hall–Kier alpha value is -2.69. The summed E-state index contributed by atoms with van der Waals surface area (Å²) < 4.78 is 0. The first-order valence-electron chi connectivity index (χ1n) is 7.77. The van der Waals surface area contributed by atoms with Gasteiger partial charge in [-0.1, -0.05) is 31.2 Å². The van der Waals surface area contributed by atoms with E-state index in [1.807, 2.05) is 43.3 Å². The highest BCUT2D eigenvalue weighted by Crippen LogP contribution is 2.32. The molecule has 0 spiro atoms. The van der Waals surface area contributed by atoms with Crippen molar-refractivity contribution >= 4 is 17.5 Å². The molecule has 118 valence electrons. The van der Waals surface area contributed by atoms with Crippen LogP contribution in [0.25, 0.3) is 0 Å². The van der Waals surface area contributed by atoms with Crippen LogP contribution in [0, 0.1) is 0 Å². The van der Waals surface area contributed by atoms with Crippen LogP contribution in [0.5, 0.6) is 0 Å². The Kier molecular flexibility index (Phi) is 4.37. The van der Waals surface area contributed by atoms with Gasteiger partial charge in [0.2, 0.25) is 11.8 Å². The largest absolute Gasteiger partial charge is 0.350 e. The summed E-state index contributed by atoms with van der Waals surface area (Å²) in [5, 5.41) is 2.91. The summed E-state index contributed by atoms with van der Waals surface area (Å²) in [7, 11) is 0. The van der Waals surface area contributed by atoms with Crippen LogP contribution < -0.4 is 10.2 Å². The summed E-state index contributed by atoms with van der Waals surface area (Å²) in [6, 6.07) is 11.0. The molecule has 0 bridgehead atoms. The molecule has 0 saturated carbocycles. The van der Waals surface area contributed by atoms with E-state index in [-0.39, 0.29) is 11.8 Å². The monoisotopic (exact) mass is 309 g/mol. The van der Waals surface area contributed by atoms with E-state index in [1.54, 1.807) is 17.3 Å². The number of nitrogens with zero attached hydrogens (tertiary/aromatic N) is 2. The van der Waals surface area contributed by atoms with E-state index in [0.717, 1.165) is 16.8 Å². The molecule has 5 nitrogen and oxygen atoms in total. The Labute approximate surface area is 135 Å². The van der Waals surface area contributed by atoms with Crippen molar-refractivity contribution in [2.45, 2.75) is 32.4 Å². The number of carbonyl (C=O) groups is 2. The van der Waals surface area contributed by atoms with Gasteiger partial charge in [-0.15, -0.1) is 0 Å². The average molecular weight is 309 g/mol. The Bertz CT molecular complexity index is 715. The molecule has 1 aliphatic rings. The van der Waals surface area contributed by atoms with E-state index < -0.39 is 6.04 Å². The van der Waals surface area contributed by atoms with Crippen molar-refractivity contribution in [3.05, 3.63) is 59.9 Å². The lowest BCUT2D eigenvalue weighted by Crippen LogP contribution is -2.47. The van der Waals surface area contributed by atoms with Crippen LogP contribution in [0.1, 0.15) is 24.5 Å². The standard InChI is InChI=1S/C18H19N3O2/c1-2-17(22)21-15-8-4-3-7-14(15)10-16(21)18(23)20-12-13-6-5-9-19-11-13/h3-9,11,16H,2,10,12H2,1H3,(H,20,23). The Morgan fingerprint density at radius 1 is 1.26 bits per heavy atom. The van der Waals surface area contributed by atoms with E-state index in [1.165, 1.54) is 0 Å². The number of amides is 2. The molecule has 23 heavy (non-hydrogen) atoms. The molecule has 0 saturated heterocycles. The third kappa shape index (κ3) is 3.08. The van der Waals surface area contributed by atoms with Crippen molar-refractivity contribution in [1.29, 1.82) is 0 Å². The fourth-order valence-corrected chi connectivity index (χ4v) is 2.88. The predicted molar refractivity (Wildman–Crippen MR) is 87.8 cm³/mol. The second kappa shape index (κ2) is 6.60. The summed E-state index contributed by atoms with van der Waals surface area (Å²) in [6.45, 7) is 2.22. The molecular formula is C18H19N3O2. The van der Waals surface area contributed by atoms with Crippen molar-refractivity contribution in [1.82, 2.24) is 10.3 Å². The molecule has 3 rings (SSSR count). The maximum absolute atomic E-state index is 12.6. The van der Waals surface area contributed by atoms with Gasteiger partial charge in [0.05, 0.1) is 0 Å². The van der Waals surface area contributed by atoms with Crippen LogP contribution in [0.2, 0.25) is 0 Å². The van der Waals surface area contributed by atoms with Crippen LogP contribution in [0.4, 0.5) is 5.69 Å². The van der Waals surface area contributed by atoms with Crippen LogP contribution in [-0.2, 0) is 22.6 Å². The smallest absolute Gasteiger partial charge is 0.243 e. The maximum Gasteiger partial charge on any atom is 0.243 e. The van der Waals surface area contributed by atoms with Gasteiger partial charge in [-0.3, -0.25) is 19.5 Å². The highest BCUT2D eigenvalue weighted by Gasteiger charge is 2.37. The Morgan fingerprint density at radius 3 is 2.83 bits per heavy atom. The fourth-order valence-electron chi connectivity index (χ4n) is 2.88. The molecule has 0 radical (unpaired) electrons. The first-order valence-corrected chi connectivity index (χ1v) is 7.77. The molecule has 5 heteroatoms. The highest BCUT2D eigenvalue weighted by atomic mass is 16.2. The third-order valence-electron chi connectivity index (χ3n) is 4.04. The minimum absolute atomic E-state index is 0.0310. The van der Waals surface area contributed by atoms with Crippen LogP contribution >= 0.6 is 0 Å². The van der Waals surface area contributed by atoms with E-state index in [0.29, 0.717) is 19.4 Å². The summed E-state index contributed by atoms with van der Waals surface area (Å²) in [5.41, 5.74) is 2.82. The van der Waals surface area contributed by atoms with Crippen molar-refractivity contribution in [3.63, 3.8) is 0 Å². The van der Waals surface area contributed by atoms with Gasteiger partial charge in [0.15, 0.2) is 0 Å². The van der Waals surface area contributed by atoms with Crippen molar-refractivity contribution < 1.29 is 9.59 Å². The number of hydrogen-bond acceptors (Lipinski definition) is 3. The number of nitrogens with one attached hydrogen (secondary N) is 1. The van der Waals surface area contributed by atoms with Gasteiger partial charge in [0.25, 0.3) is 0 Å². The zero-order valence-electron chi connectivity index (χ0n) is 13.0. The summed E-state index contributed by atoms with van der Waals surface area (Å²) in [4.78, 5) is 30.6. The molecule has 2 aromatic rings. The third-order valence-corrected chi connectivity index (χ3v) is 4.04. The van der Waals surface area contributed by atoms with Crippen LogP contribution in [0.15, 0.2) is 48.8 Å². The zero-order valence-corrected chi connectivity index (χ0v) is 13.0. The normalized spacial score (nSPS) is 16.0. The second-order valence-electron chi connectivity index (χ2n) is 5.55. The molecule has 1 N–H and O–H groups in total. The van der Waals surface area contributed by atoms with Gasteiger partial charge < -0.3 is 5.32 Å². The van der Waals surface area contributed by atoms with E-state index in [9.17, 15) is 9.59 Å². The average Bonchev–Trinajstić information content (AvgIpc) is 2.99. The molecule has 1 unspecified atom stereocenters. The molecule has 0 fully saturated rings. The minimum atomic E-state index is -0.475. The second-order valence-corrected chi connectivity index (χ2v) is 5.55. The van der Waals surface area contributed by atoms with E-state index in [2.05, 4.69) is 10.3 Å². The summed E-state index contributed by atoms with van der Waals surface area (Å²) >= 11 is 0. The SMILES string of the molecule is CCC(=O)N1c2ccccc2CC1C(=O)NCc1cccnc1. The highest BCUT2D eigenvalue weighted by molar-refractivity contribution is 6.03. The van der Waals surface area contributed by atoms with Gasteiger partial charge in [0, 0.05) is 37.5 Å². The van der Waals surface area contributed by atoms with Crippen molar-refractivity contribution in [3.8, 4) is 0 Å². The van der Waals surface area contributed by atoms with Crippen LogP contribution in [-0.4, -0.2) is 22.8 Å². The summed E-state index contributed by atoms with van der Waals surface area (Å²) in [5.74, 6) is -0.164. The molecular weight excluding hydrogens is 290 g/mol. The first-order chi connectivity index (χ1) is 11.2. The zero-order chi connectivity index (χ0) is 16.2. The van der Waals surface area contributed by atoms with E-state index in [4.69, 9.17) is 0 Å². The molecule has 1 aliphatic heterocycles. The Morgan fingerprint density at radius 2 is 2.09 bits per heavy atom. The van der Waals surface area contributed by atoms with Gasteiger partial charge in [0.1, 0.15) is 6.04 Å². The van der Waals surface area contributed by atoms with Gasteiger partial charge >= 0.3 is 0 Å². The van der Waals surface area contributed by atoms with Crippen molar-refractivity contribution in [2.24, 2.45) is 0 Å². The Balaban J connectivity index is 1.76. The van der Waals surface area contributed by atoms with Crippen molar-refractivity contribution in [2.75, 3.05) is 4.90 Å². The molecule has 0 aliphatic carbocycles. The number of fused-ring (bicyclic) bond motifs is 1. The van der Waals surface area contributed by atoms with Gasteiger partial charge in [-0.25, -0.2) is 0 Å². The van der Waals surface area contributed by atoms with E-state index >= 15 is 0 Å². The number of carbonyl (C=O) groups excluding carboxylic acids is 2. The topological polar surface area (TPSA) is 62.3 Å². The van der Waals surface area contributed by atoms with Gasteiger partial charge in [-0.2, -0.15) is 0 Å². The quantitative estimate of drug-likeness (QED) is 0.940.